The molecule has 0 aliphatic carbocycles. The minimum atomic E-state index is 0.0112. The lowest BCUT2D eigenvalue weighted by atomic mass is 10.1. The number of nitrogens with one attached hydrogen (secondary N) is 1. The number of hydrogen-bond acceptors (Lipinski definition) is 3. The van der Waals surface area contributed by atoms with Crippen LogP contribution in [-0.2, 0) is 29.2 Å². The van der Waals surface area contributed by atoms with Gasteiger partial charge >= 0.3 is 0 Å². The van der Waals surface area contributed by atoms with Crippen molar-refractivity contribution in [2.75, 3.05) is 26.8 Å². The molecule has 1 aromatic carbocycles. The van der Waals surface area contributed by atoms with Crippen LogP contribution in [0, 0.1) is 6.92 Å². The van der Waals surface area contributed by atoms with E-state index in [1.54, 1.807) is 7.11 Å². The second kappa shape index (κ2) is 9.06. The van der Waals surface area contributed by atoms with Gasteiger partial charge in [0, 0.05) is 61.8 Å². The van der Waals surface area contributed by atoms with Crippen molar-refractivity contribution in [2.24, 2.45) is 0 Å². The van der Waals surface area contributed by atoms with E-state index in [0.717, 1.165) is 31.6 Å². The fourth-order valence-electron chi connectivity index (χ4n) is 4.72. The zero-order valence-corrected chi connectivity index (χ0v) is 18.2. The third-order valence-corrected chi connectivity index (χ3v) is 6.20. The molecule has 1 atom stereocenters. The van der Waals surface area contributed by atoms with Crippen molar-refractivity contribution >= 4 is 16.8 Å². The van der Waals surface area contributed by atoms with Crippen molar-refractivity contribution in [3.05, 3.63) is 59.5 Å². The van der Waals surface area contributed by atoms with Gasteiger partial charge in [0.2, 0.25) is 5.91 Å². The van der Waals surface area contributed by atoms with Gasteiger partial charge in [0.1, 0.15) is 6.54 Å². The van der Waals surface area contributed by atoms with Gasteiger partial charge in [-0.15, -0.1) is 0 Å². The van der Waals surface area contributed by atoms with Gasteiger partial charge in [-0.2, -0.15) is 0 Å². The highest BCUT2D eigenvalue weighted by Crippen LogP contribution is 2.33. The molecular formula is C24H32N4O2. The molecule has 160 valence electrons. The van der Waals surface area contributed by atoms with E-state index in [1.165, 1.54) is 22.3 Å². The van der Waals surface area contributed by atoms with Gasteiger partial charge < -0.3 is 19.2 Å². The van der Waals surface area contributed by atoms with Gasteiger partial charge in [0.25, 0.3) is 0 Å². The average molecular weight is 409 g/mol. The van der Waals surface area contributed by atoms with Crippen LogP contribution in [0.2, 0.25) is 0 Å². The van der Waals surface area contributed by atoms with E-state index in [1.807, 2.05) is 6.07 Å². The summed E-state index contributed by atoms with van der Waals surface area (Å²) in [4.78, 5) is 15.0. The number of fused-ring (bicyclic) bond motifs is 2. The van der Waals surface area contributed by atoms with E-state index < -0.39 is 0 Å². The highest BCUT2D eigenvalue weighted by molar-refractivity contribution is 5.86. The highest BCUT2D eigenvalue weighted by Gasteiger charge is 2.27. The first-order valence-electron chi connectivity index (χ1n) is 10.8. The molecule has 1 unspecified atom stereocenters. The van der Waals surface area contributed by atoms with Gasteiger partial charge in [-0.3, -0.25) is 9.69 Å². The zero-order valence-electron chi connectivity index (χ0n) is 18.2. The van der Waals surface area contributed by atoms with E-state index in [-0.39, 0.29) is 5.91 Å². The molecule has 4 rings (SSSR count). The van der Waals surface area contributed by atoms with Gasteiger partial charge in [0.05, 0.1) is 12.6 Å². The molecule has 0 saturated carbocycles. The number of aryl methyl sites for hydroxylation is 1. The SMILES string of the molecule is CCC1c2ccc(C)n2CCN1Cc1cn(CC(=O)NCCOC)c2ccccc12. The molecule has 1 aliphatic rings. The molecule has 3 aromatic rings. The van der Waals surface area contributed by atoms with Crippen molar-refractivity contribution in [2.45, 2.75) is 45.9 Å². The molecule has 0 radical (unpaired) electrons. The van der Waals surface area contributed by atoms with Crippen LogP contribution in [0.3, 0.4) is 0 Å². The normalized spacial score (nSPS) is 16.7. The van der Waals surface area contributed by atoms with E-state index in [0.29, 0.717) is 25.7 Å². The van der Waals surface area contributed by atoms with Crippen LogP contribution in [0.1, 0.15) is 36.3 Å². The minimum Gasteiger partial charge on any atom is -0.383 e. The number of methoxy groups -OCH3 is 1. The number of benzene rings is 1. The maximum absolute atomic E-state index is 12.4. The Morgan fingerprint density at radius 1 is 1.20 bits per heavy atom. The molecule has 1 aliphatic heterocycles. The summed E-state index contributed by atoms with van der Waals surface area (Å²) in [6, 6.07) is 13.3. The topological polar surface area (TPSA) is 51.4 Å². The summed E-state index contributed by atoms with van der Waals surface area (Å²) in [7, 11) is 1.64. The molecular weight excluding hydrogens is 376 g/mol. The Hall–Kier alpha value is -2.57. The molecule has 3 heterocycles. The van der Waals surface area contributed by atoms with Crippen LogP contribution in [-0.4, -0.2) is 46.7 Å². The molecule has 2 aromatic heterocycles. The Morgan fingerprint density at radius 2 is 2.03 bits per heavy atom. The van der Waals surface area contributed by atoms with Crippen LogP contribution in [0.25, 0.3) is 10.9 Å². The van der Waals surface area contributed by atoms with Gasteiger partial charge in [-0.1, -0.05) is 25.1 Å². The fourth-order valence-corrected chi connectivity index (χ4v) is 4.72. The predicted octanol–water partition coefficient (Wildman–Crippen LogP) is 3.48. The summed E-state index contributed by atoms with van der Waals surface area (Å²) in [6.45, 7) is 8.80. The lowest BCUT2D eigenvalue weighted by Crippen LogP contribution is -2.37. The average Bonchev–Trinajstić information content (AvgIpc) is 3.29. The number of carbonyl (C=O) groups excluding carboxylic acids is 1. The number of amides is 1. The first kappa shape index (κ1) is 20.7. The van der Waals surface area contributed by atoms with Crippen LogP contribution >= 0.6 is 0 Å². The lowest BCUT2D eigenvalue weighted by molar-refractivity contribution is -0.121. The summed E-state index contributed by atoms with van der Waals surface area (Å²) in [5.74, 6) is 0.0112. The number of ether oxygens (including phenoxy) is 1. The number of rotatable bonds is 8. The van der Waals surface area contributed by atoms with Crippen molar-refractivity contribution in [1.82, 2.24) is 19.4 Å². The Bertz CT molecular complexity index is 1020. The number of para-hydroxylation sites is 1. The number of hydrogen-bond donors (Lipinski definition) is 1. The van der Waals surface area contributed by atoms with E-state index in [2.05, 4.69) is 69.7 Å². The summed E-state index contributed by atoms with van der Waals surface area (Å²) in [6.07, 6.45) is 3.25. The summed E-state index contributed by atoms with van der Waals surface area (Å²) < 4.78 is 9.55. The second-order valence-electron chi connectivity index (χ2n) is 8.09. The predicted molar refractivity (Wildman–Crippen MR) is 119 cm³/mol. The molecule has 0 bridgehead atoms. The highest BCUT2D eigenvalue weighted by atomic mass is 16.5. The zero-order chi connectivity index (χ0) is 21.1. The maximum atomic E-state index is 12.4. The largest absolute Gasteiger partial charge is 0.383 e. The van der Waals surface area contributed by atoms with Crippen molar-refractivity contribution in [1.29, 1.82) is 0 Å². The monoisotopic (exact) mass is 408 g/mol. The Kier molecular flexibility index (Phi) is 6.25. The standard InChI is InChI=1S/C24H32N4O2/c1-4-21-23-10-9-18(2)28(23)13-12-26(21)15-19-16-27(17-24(29)25-11-14-30-3)22-8-6-5-7-20(19)22/h5-10,16,21H,4,11-15,17H2,1-3H3,(H,25,29). The van der Waals surface area contributed by atoms with Gasteiger partial charge in [0.15, 0.2) is 0 Å². The molecule has 6 nitrogen and oxygen atoms in total. The molecule has 6 heteroatoms. The summed E-state index contributed by atoms with van der Waals surface area (Å²) >= 11 is 0. The first-order chi connectivity index (χ1) is 14.6. The van der Waals surface area contributed by atoms with Gasteiger partial charge in [-0.25, -0.2) is 0 Å². The van der Waals surface area contributed by atoms with Crippen molar-refractivity contribution in [3.63, 3.8) is 0 Å². The Balaban J connectivity index is 1.57. The van der Waals surface area contributed by atoms with E-state index in [4.69, 9.17) is 4.74 Å². The summed E-state index contributed by atoms with van der Waals surface area (Å²) in [5.41, 5.74) is 5.16. The molecule has 0 spiro atoms. The molecule has 1 amide bonds. The lowest BCUT2D eigenvalue weighted by Gasteiger charge is -2.37. The smallest absolute Gasteiger partial charge is 0.240 e. The third kappa shape index (κ3) is 4.02. The number of nitrogens with zero attached hydrogens (tertiary/aromatic N) is 3. The number of aromatic nitrogens is 2. The van der Waals surface area contributed by atoms with E-state index in [9.17, 15) is 4.79 Å². The summed E-state index contributed by atoms with van der Waals surface area (Å²) in [5, 5.41) is 4.15. The van der Waals surface area contributed by atoms with Crippen molar-refractivity contribution in [3.8, 4) is 0 Å². The molecule has 0 saturated heterocycles. The van der Waals surface area contributed by atoms with Crippen LogP contribution in [0.15, 0.2) is 42.6 Å². The second-order valence-corrected chi connectivity index (χ2v) is 8.09. The van der Waals surface area contributed by atoms with Crippen molar-refractivity contribution < 1.29 is 9.53 Å². The van der Waals surface area contributed by atoms with Crippen LogP contribution in [0.5, 0.6) is 0 Å². The maximum Gasteiger partial charge on any atom is 0.240 e. The third-order valence-electron chi connectivity index (χ3n) is 6.20. The van der Waals surface area contributed by atoms with Crippen LogP contribution < -0.4 is 5.32 Å². The van der Waals surface area contributed by atoms with E-state index >= 15 is 0 Å². The number of carbonyl (C=O) groups is 1. The molecule has 30 heavy (non-hydrogen) atoms. The minimum absolute atomic E-state index is 0.0112. The van der Waals surface area contributed by atoms with Gasteiger partial charge in [-0.05, 0) is 37.1 Å². The molecule has 1 N–H and O–H groups in total. The first-order valence-corrected chi connectivity index (χ1v) is 10.8. The molecule has 0 fully saturated rings. The van der Waals surface area contributed by atoms with Crippen LogP contribution in [0.4, 0.5) is 0 Å². The quantitative estimate of drug-likeness (QED) is 0.581. The Labute approximate surface area is 178 Å². The Morgan fingerprint density at radius 3 is 2.83 bits per heavy atom. The fraction of sp³-hybridized carbons (Fsp3) is 0.458.